The topological polar surface area (TPSA) is 45.0 Å². The van der Waals surface area contributed by atoms with Crippen LogP contribution < -0.4 is 10.1 Å². The summed E-state index contributed by atoms with van der Waals surface area (Å²) in [4.78, 5) is 0. The Kier molecular flexibility index (Phi) is 7.75. The van der Waals surface area contributed by atoms with Gasteiger partial charge in [0.05, 0.1) is 0 Å². The maximum Gasteiger partial charge on any atom is 0.174 e. The van der Waals surface area contributed by atoms with E-state index in [0.29, 0.717) is 6.04 Å². The standard InChI is InChI=1S/C17H26N2O/c1-14(2)7-6-8-15(3)19-13-16-9-4-5-10-17(16)20-12-11-18/h4-5,9-10,14-15,19H,6-8,12-13H2,1-3H3. The lowest BCUT2D eigenvalue weighted by Gasteiger charge is -2.16. The van der Waals surface area contributed by atoms with Crippen molar-refractivity contribution in [3.63, 3.8) is 0 Å². The average molecular weight is 274 g/mol. The van der Waals surface area contributed by atoms with Gasteiger partial charge in [0.25, 0.3) is 0 Å². The Balaban J connectivity index is 2.39. The van der Waals surface area contributed by atoms with Gasteiger partial charge in [0.15, 0.2) is 6.61 Å². The fourth-order valence-electron chi connectivity index (χ4n) is 2.12. The van der Waals surface area contributed by atoms with Crippen LogP contribution in [0.4, 0.5) is 0 Å². The number of ether oxygens (including phenoxy) is 1. The van der Waals surface area contributed by atoms with Gasteiger partial charge in [-0.15, -0.1) is 0 Å². The largest absolute Gasteiger partial charge is 0.478 e. The quantitative estimate of drug-likeness (QED) is 0.743. The normalized spacial score (nSPS) is 12.2. The molecule has 0 saturated carbocycles. The number of nitrogens with one attached hydrogen (secondary N) is 1. The minimum atomic E-state index is 0.0982. The summed E-state index contributed by atoms with van der Waals surface area (Å²) in [6.45, 7) is 7.63. The number of hydrogen-bond donors (Lipinski definition) is 1. The minimum Gasteiger partial charge on any atom is -0.478 e. The van der Waals surface area contributed by atoms with E-state index in [0.717, 1.165) is 23.8 Å². The van der Waals surface area contributed by atoms with E-state index in [1.54, 1.807) is 0 Å². The second-order valence-electron chi connectivity index (χ2n) is 5.66. The summed E-state index contributed by atoms with van der Waals surface area (Å²) in [6.07, 6.45) is 3.74. The van der Waals surface area contributed by atoms with E-state index >= 15 is 0 Å². The van der Waals surface area contributed by atoms with Crippen LogP contribution in [0.2, 0.25) is 0 Å². The van der Waals surface area contributed by atoms with E-state index in [4.69, 9.17) is 10.00 Å². The maximum atomic E-state index is 8.59. The van der Waals surface area contributed by atoms with Gasteiger partial charge in [0.1, 0.15) is 11.8 Å². The molecule has 1 rings (SSSR count). The molecule has 1 unspecified atom stereocenters. The van der Waals surface area contributed by atoms with Gasteiger partial charge in [-0.1, -0.05) is 44.9 Å². The molecule has 0 saturated heterocycles. The molecule has 0 heterocycles. The van der Waals surface area contributed by atoms with Gasteiger partial charge in [-0.2, -0.15) is 5.26 Å². The van der Waals surface area contributed by atoms with Crippen molar-refractivity contribution < 1.29 is 4.74 Å². The van der Waals surface area contributed by atoms with Gasteiger partial charge >= 0.3 is 0 Å². The van der Waals surface area contributed by atoms with Crippen molar-refractivity contribution in [2.24, 2.45) is 5.92 Å². The zero-order chi connectivity index (χ0) is 14.8. The van der Waals surface area contributed by atoms with Crippen molar-refractivity contribution in [1.82, 2.24) is 5.32 Å². The second-order valence-corrected chi connectivity index (χ2v) is 5.66. The van der Waals surface area contributed by atoms with E-state index in [1.165, 1.54) is 19.3 Å². The third-order valence-corrected chi connectivity index (χ3v) is 3.32. The summed E-state index contributed by atoms with van der Waals surface area (Å²) < 4.78 is 5.43. The predicted octanol–water partition coefficient (Wildman–Crippen LogP) is 3.89. The first-order valence-electron chi connectivity index (χ1n) is 7.44. The van der Waals surface area contributed by atoms with Crippen molar-refractivity contribution in [3.05, 3.63) is 29.8 Å². The number of nitriles is 1. The van der Waals surface area contributed by atoms with Crippen LogP contribution >= 0.6 is 0 Å². The Morgan fingerprint density at radius 3 is 2.65 bits per heavy atom. The monoisotopic (exact) mass is 274 g/mol. The van der Waals surface area contributed by atoms with E-state index < -0.39 is 0 Å². The van der Waals surface area contributed by atoms with Crippen LogP contribution in [0.3, 0.4) is 0 Å². The summed E-state index contributed by atoms with van der Waals surface area (Å²) in [7, 11) is 0. The summed E-state index contributed by atoms with van der Waals surface area (Å²) in [5.41, 5.74) is 1.11. The van der Waals surface area contributed by atoms with Crippen LogP contribution in [-0.2, 0) is 6.54 Å². The molecule has 0 fully saturated rings. The molecule has 3 heteroatoms. The van der Waals surface area contributed by atoms with Crippen LogP contribution in [0.5, 0.6) is 5.75 Å². The van der Waals surface area contributed by atoms with Crippen LogP contribution in [0.1, 0.15) is 45.6 Å². The molecule has 3 nitrogen and oxygen atoms in total. The zero-order valence-corrected chi connectivity index (χ0v) is 12.9. The molecule has 0 amide bonds. The lowest BCUT2D eigenvalue weighted by Crippen LogP contribution is -2.25. The van der Waals surface area contributed by atoms with Crippen LogP contribution in [0.15, 0.2) is 24.3 Å². The highest BCUT2D eigenvalue weighted by molar-refractivity contribution is 5.33. The maximum absolute atomic E-state index is 8.59. The SMILES string of the molecule is CC(C)CCCC(C)NCc1ccccc1OCC#N. The number of benzene rings is 1. The molecular weight excluding hydrogens is 248 g/mol. The molecule has 1 atom stereocenters. The van der Waals surface area contributed by atoms with Gasteiger partial charge in [0, 0.05) is 18.2 Å². The molecule has 0 spiro atoms. The highest BCUT2D eigenvalue weighted by atomic mass is 16.5. The molecule has 0 aliphatic rings. The van der Waals surface area contributed by atoms with Crippen LogP contribution in [0.25, 0.3) is 0 Å². The fraction of sp³-hybridized carbons (Fsp3) is 0.588. The first-order valence-corrected chi connectivity index (χ1v) is 7.44. The van der Waals surface area contributed by atoms with Crippen molar-refractivity contribution in [2.75, 3.05) is 6.61 Å². The van der Waals surface area contributed by atoms with Gasteiger partial charge < -0.3 is 10.1 Å². The molecule has 0 aliphatic heterocycles. The third-order valence-electron chi connectivity index (χ3n) is 3.32. The average Bonchev–Trinajstić information content (AvgIpc) is 2.43. The van der Waals surface area contributed by atoms with E-state index in [1.807, 2.05) is 30.3 Å². The number of rotatable bonds is 9. The van der Waals surface area contributed by atoms with Crippen molar-refractivity contribution in [2.45, 2.75) is 52.6 Å². The molecule has 0 radical (unpaired) electrons. The molecule has 0 bridgehead atoms. The van der Waals surface area contributed by atoms with Crippen molar-refractivity contribution in [3.8, 4) is 11.8 Å². The number of nitrogens with zero attached hydrogens (tertiary/aromatic N) is 1. The Morgan fingerprint density at radius 1 is 1.20 bits per heavy atom. The zero-order valence-electron chi connectivity index (χ0n) is 12.9. The second kappa shape index (κ2) is 9.39. The molecular formula is C17H26N2O. The summed E-state index contributed by atoms with van der Waals surface area (Å²) >= 11 is 0. The van der Waals surface area contributed by atoms with Crippen LogP contribution in [-0.4, -0.2) is 12.6 Å². The van der Waals surface area contributed by atoms with Gasteiger partial charge in [-0.05, 0) is 25.3 Å². The van der Waals surface area contributed by atoms with Crippen LogP contribution in [0, 0.1) is 17.2 Å². The summed E-state index contributed by atoms with van der Waals surface area (Å²) in [5.74, 6) is 1.58. The smallest absolute Gasteiger partial charge is 0.174 e. The molecule has 1 aromatic rings. The fourth-order valence-corrected chi connectivity index (χ4v) is 2.12. The van der Waals surface area contributed by atoms with Gasteiger partial charge in [0.2, 0.25) is 0 Å². The third kappa shape index (κ3) is 6.58. The first-order chi connectivity index (χ1) is 9.63. The Labute approximate surface area is 123 Å². The number of para-hydroxylation sites is 1. The summed E-state index contributed by atoms with van der Waals surface area (Å²) in [5, 5.41) is 12.1. The molecule has 0 aromatic heterocycles. The van der Waals surface area contributed by atoms with Crippen molar-refractivity contribution in [1.29, 1.82) is 5.26 Å². The predicted molar refractivity (Wildman–Crippen MR) is 82.5 cm³/mol. The van der Waals surface area contributed by atoms with E-state index in [2.05, 4.69) is 26.1 Å². The van der Waals surface area contributed by atoms with Gasteiger partial charge in [-0.25, -0.2) is 0 Å². The van der Waals surface area contributed by atoms with Gasteiger partial charge in [-0.3, -0.25) is 0 Å². The lowest BCUT2D eigenvalue weighted by atomic mass is 10.0. The lowest BCUT2D eigenvalue weighted by molar-refractivity contribution is 0.360. The summed E-state index contributed by atoms with van der Waals surface area (Å²) in [6, 6.07) is 10.4. The minimum absolute atomic E-state index is 0.0982. The highest BCUT2D eigenvalue weighted by Gasteiger charge is 2.06. The molecule has 1 N–H and O–H groups in total. The van der Waals surface area contributed by atoms with E-state index in [-0.39, 0.29) is 6.61 Å². The molecule has 20 heavy (non-hydrogen) atoms. The Morgan fingerprint density at radius 2 is 1.95 bits per heavy atom. The highest BCUT2D eigenvalue weighted by Crippen LogP contribution is 2.18. The Hall–Kier alpha value is -1.53. The first kappa shape index (κ1) is 16.5. The van der Waals surface area contributed by atoms with E-state index in [9.17, 15) is 0 Å². The number of hydrogen-bond acceptors (Lipinski definition) is 3. The molecule has 0 aliphatic carbocycles. The molecule has 110 valence electrons. The van der Waals surface area contributed by atoms with Crippen molar-refractivity contribution >= 4 is 0 Å². The molecule has 1 aromatic carbocycles. The Bertz CT molecular complexity index is 423.